The first kappa shape index (κ1) is 22.1. The Morgan fingerprint density at radius 3 is 2.30 bits per heavy atom. The molecule has 0 saturated heterocycles. The lowest BCUT2D eigenvalue weighted by molar-refractivity contribution is 0.0258. The molecule has 0 aromatic carbocycles. The van der Waals surface area contributed by atoms with Gasteiger partial charge in [0.1, 0.15) is 5.60 Å². The molecular formula is C17H36N2O4. The molecule has 0 heterocycles. The van der Waals surface area contributed by atoms with Gasteiger partial charge in [-0.3, -0.25) is 0 Å². The van der Waals surface area contributed by atoms with Crippen LogP contribution in [0.15, 0.2) is 0 Å². The van der Waals surface area contributed by atoms with Crippen molar-refractivity contribution in [2.24, 2.45) is 0 Å². The fourth-order valence-electron chi connectivity index (χ4n) is 2.13. The van der Waals surface area contributed by atoms with Gasteiger partial charge in [-0.2, -0.15) is 0 Å². The van der Waals surface area contributed by atoms with E-state index in [4.69, 9.17) is 9.47 Å². The maximum Gasteiger partial charge on any atom is 0.407 e. The first-order valence-corrected chi connectivity index (χ1v) is 8.57. The van der Waals surface area contributed by atoms with Crippen LogP contribution in [0.1, 0.15) is 60.3 Å². The Morgan fingerprint density at radius 1 is 1.22 bits per heavy atom. The van der Waals surface area contributed by atoms with Gasteiger partial charge in [-0.25, -0.2) is 4.79 Å². The molecule has 0 aliphatic heterocycles. The number of nitrogens with one attached hydrogen (secondary N) is 2. The fourth-order valence-corrected chi connectivity index (χ4v) is 2.13. The van der Waals surface area contributed by atoms with Gasteiger partial charge in [-0.05, 0) is 46.5 Å². The Hall–Kier alpha value is -0.850. The fraction of sp³-hybridized carbons (Fsp3) is 0.941. The number of rotatable bonds is 11. The maximum absolute atomic E-state index is 11.6. The standard InChI is InChI=1S/C17H36N2O4/c1-7-17(21,8-2)13-19-14(12-22-6)10-9-11-18-15(20)23-16(3,4)5/h14,19,21H,7-13H2,1-6H3,(H,18,20). The predicted octanol–water partition coefficient (Wildman–Crippen LogP) is 2.45. The Morgan fingerprint density at radius 2 is 1.83 bits per heavy atom. The normalized spacial score (nSPS) is 13.7. The molecule has 0 bridgehead atoms. The average Bonchev–Trinajstić information content (AvgIpc) is 2.46. The summed E-state index contributed by atoms with van der Waals surface area (Å²) >= 11 is 0. The third-order valence-electron chi connectivity index (χ3n) is 3.80. The van der Waals surface area contributed by atoms with Crippen LogP contribution >= 0.6 is 0 Å². The highest BCUT2D eigenvalue weighted by atomic mass is 16.6. The Labute approximate surface area is 141 Å². The van der Waals surface area contributed by atoms with E-state index in [1.54, 1.807) is 7.11 Å². The van der Waals surface area contributed by atoms with E-state index < -0.39 is 11.2 Å². The second kappa shape index (κ2) is 10.8. The van der Waals surface area contributed by atoms with Crippen molar-refractivity contribution in [1.82, 2.24) is 10.6 Å². The van der Waals surface area contributed by atoms with Crippen molar-refractivity contribution in [1.29, 1.82) is 0 Å². The highest BCUT2D eigenvalue weighted by Gasteiger charge is 2.23. The maximum atomic E-state index is 11.6. The SMILES string of the molecule is CCC(O)(CC)CNC(CCCNC(=O)OC(C)(C)C)COC. The zero-order chi connectivity index (χ0) is 17.9. The van der Waals surface area contributed by atoms with Crippen molar-refractivity contribution in [3.63, 3.8) is 0 Å². The van der Waals surface area contributed by atoms with E-state index in [1.807, 2.05) is 34.6 Å². The first-order valence-electron chi connectivity index (χ1n) is 8.57. The van der Waals surface area contributed by atoms with Crippen molar-refractivity contribution in [3.8, 4) is 0 Å². The molecule has 0 aromatic rings. The van der Waals surface area contributed by atoms with Crippen LogP contribution in [0.3, 0.4) is 0 Å². The minimum Gasteiger partial charge on any atom is -0.444 e. The summed E-state index contributed by atoms with van der Waals surface area (Å²) in [5.74, 6) is 0. The molecule has 0 radical (unpaired) electrons. The van der Waals surface area contributed by atoms with Crippen LogP contribution in [0.5, 0.6) is 0 Å². The van der Waals surface area contributed by atoms with Gasteiger partial charge >= 0.3 is 6.09 Å². The average molecular weight is 332 g/mol. The van der Waals surface area contributed by atoms with Crippen molar-refractivity contribution >= 4 is 6.09 Å². The van der Waals surface area contributed by atoms with E-state index in [9.17, 15) is 9.90 Å². The zero-order valence-electron chi connectivity index (χ0n) is 15.7. The lowest BCUT2D eigenvalue weighted by Gasteiger charge is -2.28. The van der Waals surface area contributed by atoms with Crippen LogP contribution in [0.25, 0.3) is 0 Å². The van der Waals surface area contributed by atoms with Crippen LogP contribution < -0.4 is 10.6 Å². The Balaban J connectivity index is 4.08. The highest BCUT2D eigenvalue weighted by molar-refractivity contribution is 5.67. The number of amides is 1. The molecule has 0 fully saturated rings. The van der Waals surface area contributed by atoms with Gasteiger partial charge in [0, 0.05) is 26.2 Å². The molecule has 1 atom stereocenters. The first-order chi connectivity index (χ1) is 10.7. The summed E-state index contributed by atoms with van der Waals surface area (Å²) in [6, 6.07) is 0.157. The summed E-state index contributed by atoms with van der Waals surface area (Å²) in [6.45, 7) is 11.2. The Bertz CT molecular complexity index is 325. The summed E-state index contributed by atoms with van der Waals surface area (Å²) in [7, 11) is 1.67. The number of carbonyl (C=O) groups is 1. The highest BCUT2D eigenvalue weighted by Crippen LogP contribution is 2.13. The summed E-state index contributed by atoms with van der Waals surface area (Å²) in [5.41, 5.74) is -1.14. The van der Waals surface area contributed by atoms with E-state index in [-0.39, 0.29) is 12.1 Å². The number of alkyl carbamates (subject to hydrolysis) is 1. The van der Waals surface area contributed by atoms with Gasteiger partial charge in [-0.15, -0.1) is 0 Å². The number of ether oxygens (including phenoxy) is 2. The molecule has 0 aliphatic rings. The topological polar surface area (TPSA) is 79.8 Å². The molecular weight excluding hydrogens is 296 g/mol. The molecule has 0 rings (SSSR count). The van der Waals surface area contributed by atoms with Crippen LogP contribution in [-0.2, 0) is 9.47 Å². The molecule has 0 spiro atoms. The van der Waals surface area contributed by atoms with Gasteiger partial charge in [0.25, 0.3) is 0 Å². The van der Waals surface area contributed by atoms with Gasteiger partial charge in [0.05, 0.1) is 12.2 Å². The molecule has 138 valence electrons. The predicted molar refractivity (Wildman–Crippen MR) is 92.7 cm³/mol. The van der Waals surface area contributed by atoms with E-state index in [0.717, 1.165) is 25.7 Å². The third-order valence-corrected chi connectivity index (χ3v) is 3.80. The van der Waals surface area contributed by atoms with Gasteiger partial charge < -0.3 is 25.2 Å². The molecule has 0 aromatic heterocycles. The molecule has 6 nitrogen and oxygen atoms in total. The number of methoxy groups -OCH3 is 1. The second-order valence-corrected chi connectivity index (χ2v) is 7.04. The van der Waals surface area contributed by atoms with Gasteiger partial charge in [-0.1, -0.05) is 13.8 Å². The zero-order valence-corrected chi connectivity index (χ0v) is 15.7. The molecule has 0 aliphatic carbocycles. The van der Waals surface area contributed by atoms with E-state index in [2.05, 4.69) is 10.6 Å². The lowest BCUT2D eigenvalue weighted by atomic mass is 9.97. The number of hydrogen-bond donors (Lipinski definition) is 3. The van der Waals surface area contributed by atoms with Crippen LogP contribution in [0, 0.1) is 0 Å². The number of carbonyl (C=O) groups excluding carboxylic acids is 1. The minimum atomic E-state index is -0.666. The summed E-state index contributed by atoms with van der Waals surface area (Å²) in [4.78, 5) is 11.6. The molecule has 1 unspecified atom stereocenters. The van der Waals surface area contributed by atoms with Crippen LogP contribution in [0.2, 0.25) is 0 Å². The van der Waals surface area contributed by atoms with Crippen LogP contribution in [-0.4, -0.2) is 55.2 Å². The smallest absolute Gasteiger partial charge is 0.407 e. The largest absolute Gasteiger partial charge is 0.444 e. The van der Waals surface area contributed by atoms with Gasteiger partial charge in [0.15, 0.2) is 0 Å². The van der Waals surface area contributed by atoms with E-state index in [0.29, 0.717) is 19.7 Å². The summed E-state index contributed by atoms with van der Waals surface area (Å²) in [6.07, 6.45) is 2.72. The monoisotopic (exact) mass is 332 g/mol. The number of hydrogen-bond acceptors (Lipinski definition) is 5. The van der Waals surface area contributed by atoms with Crippen molar-refractivity contribution < 1.29 is 19.4 Å². The molecule has 23 heavy (non-hydrogen) atoms. The molecule has 6 heteroatoms. The molecule has 3 N–H and O–H groups in total. The quantitative estimate of drug-likeness (QED) is 0.507. The lowest BCUT2D eigenvalue weighted by Crippen LogP contribution is -2.45. The minimum absolute atomic E-state index is 0.157. The van der Waals surface area contributed by atoms with E-state index in [1.165, 1.54) is 0 Å². The van der Waals surface area contributed by atoms with Crippen molar-refractivity contribution in [2.45, 2.75) is 77.5 Å². The number of aliphatic hydroxyl groups is 1. The van der Waals surface area contributed by atoms with Crippen molar-refractivity contribution in [3.05, 3.63) is 0 Å². The van der Waals surface area contributed by atoms with E-state index >= 15 is 0 Å². The Kier molecular flexibility index (Phi) is 10.4. The summed E-state index contributed by atoms with van der Waals surface area (Å²) < 4.78 is 10.4. The molecule has 1 amide bonds. The third kappa shape index (κ3) is 11.3. The molecule has 0 saturated carbocycles. The second-order valence-electron chi connectivity index (χ2n) is 7.04. The van der Waals surface area contributed by atoms with Gasteiger partial charge in [0.2, 0.25) is 0 Å². The van der Waals surface area contributed by atoms with Crippen molar-refractivity contribution in [2.75, 3.05) is 26.8 Å². The van der Waals surface area contributed by atoms with Crippen LogP contribution in [0.4, 0.5) is 4.79 Å². The summed E-state index contributed by atoms with van der Waals surface area (Å²) in [5, 5.41) is 16.4.